The summed E-state index contributed by atoms with van der Waals surface area (Å²) in [5, 5.41) is 8.88. The van der Waals surface area contributed by atoms with Gasteiger partial charge in [0.15, 0.2) is 0 Å². The van der Waals surface area contributed by atoms with Crippen LogP contribution in [0, 0.1) is 13.8 Å². The molecule has 0 bridgehead atoms. The van der Waals surface area contributed by atoms with Crippen LogP contribution in [0.2, 0.25) is 0 Å². The van der Waals surface area contributed by atoms with Crippen LogP contribution in [-0.2, 0) is 0 Å². The van der Waals surface area contributed by atoms with E-state index in [1.165, 1.54) is 22.3 Å². The van der Waals surface area contributed by atoms with Crippen molar-refractivity contribution in [3.05, 3.63) is 89.0 Å². The van der Waals surface area contributed by atoms with Crippen LogP contribution in [0.4, 0.5) is 0 Å². The first-order chi connectivity index (χ1) is 9.70. The van der Waals surface area contributed by atoms with Gasteiger partial charge in [0.25, 0.3) is 0 Å². The number of hydrogen-bond acceptors (Lipinski definition) is 1. The minimum atomic E-state index is 0.0611. The Morgan fingerprint density at radius 1 is 0.850 bits per heavy atom. The van der Waals surface area contributed by atoms with Crippen LogP contribution in [0.1, 0.15) is 22.3 Å². The second kappa shape index (κ2) is 6.88. The number of aliphatic hydroxyl groups excluding tert-OH is 1. The van der Waals surface area contributed by atoms with Crippen LogP contribution in [0.5, 0.6) is 0 Å². The molecule has 1 heteroatoms. The molecule has 0 atom stereocenters. The van der Waals surface area contributed by atoms with Crippen molar-refractivity contribution >= 4 is 5.57 Å². The van der Waals surface area contributed by atoms with Gasteiger partial charge in [-0.1, -0.05) is 77.9 Å². The van der Waals surface area contributed by atoms with Gasteiger partial charge in [0.1, 0.15) is 0 Å². The van der Waals surface area contributed by atoms with Crippen molar-refractivity contribution in [3.63, 3.8) is 0 Å². The fourth-order valence-corrected chi connectivity index (χ4v) is 2.05. The number of aliphatic hydroxyl groups is 1. The topological polar surface area (TPSA) is 20.2 Å². The largest absolute Gasteiger partial charge is 0.392 e. The molecule has 0 aromatic heterocycles. The molecule has 2 aromatic carbocycles. The van der Waals surface area contributed by atoms with Crippen molar-refractivity contribution in [1.29, 1.82) is 0 Å². The first kappa shape index (κ1) is 14.3. The predicted octanol–water partition coefficient (Wildman–Crippen LogP) is 4.28. The summed E-state index contributed by atoms with van der Waals surface area (Å²) in [7, 11) is 0. The van der Waals surface area contributed by atoms with Gasteiger partial charge in [-0.2, -0.15) is 0 Å². The summed E-state index contributed by atoms with van der Waals surface area (Å²) in [5.74, 6) is 0. The van der Waals surface area contributed by atoms with E-state index in [1.54, 1.807) is 6.08 Å². The van der Waals surface area contributed by atoms with Crippen LogP contribution in [-0.4, -0.2) is 11.7 Å². The van der Waals surface area contributed by atoms with E-state index < -0.39 is 0 Å². The van der Waals surface area contributed by atoms with Crippen LogP contribution >= 0.6 is 0 Å². The van der Waals surface area contributed by atoms with E-state index in [4.69, 9.17) is 5.11 Å². The molecule has 2 aromatic rings. The Balaban J connectivity index is 2.44. The van der Waals surface area contributed by atoms with E-state index in [1.807, 2.05) is 12.2 Å². The number of hydrogen-bond donors (Lipinski definition) is 1. The standard InChI is InChI=1S/C19H20O/c1-15-6-10-17(11-7-15)19(5-3-4-14-20)18-12-8-16(2)9-13-18/h3-13,20H,14H2,1-2H3. The number of aryl methyl sites for hydroxylation is 2. The Bertz CT molecular complexity index is 554. The highest BCUT2D eigenvalue weighted by atomic mass is 16.2. The normalized spacial score (nSPS) is 10.8. The maximum atomic E-state index is 8.88. The summed E-state index contributed by atoms with van der Waals surface area (Å²) < 4.78 is 0. The lowest BCUT2D eigenvalue weighted by Crippen LogP contribution is -1.88. The van der Waals surface area contributed by atoms with Gasteiger partial charge in [-0.05, 0) is 30.5 Å². The lowest BCUT2D eigenvalue weighted by Gasteiger charge is -2.09. The molecule has 0 aliphatic carbocycles. The van der Waals surface area contributed by atoms with E-state index in [2.05, 4.69) is 62.4 Å². The zero-order valence-corrected chi connectivity index (χ0v) is 12.0. The fraction of sp³-hybridized carbons (Fsp3) is 0.158. The lowest BCUT2D eigenvalue weighted by atomic mass is 9.96. The predicted molar refractivity (Wildman–Crippen MR) is 85.7 cm³/mol. The van der Waals surface area contributed by atoms with Gasteiger partial charge in [-0.15, -0.1) is 0 Å². The fourth-order valence-electron chi connectivity index (χ4n) is 2.05. The van der Waals surface area contributed by atoms with Crippen molar-refractivity contribution in [3.8, 4) is 0 Å². The minimum Gasteiger partial charge on any atom is -0.392 e. The number of rotatable bonds is 4. The molecule has 0 saturated heterocycles. The zero-order chi connectivity index (χ0) is 14.4. The van der Waals surface area contributed by atoms with Crippen molar-refractivity contribution in [2.45, 2.75) is 13.8 Å². The average Bonchev–Trinajstić information content (AvgIpc) is 2.46. The second-order valence-corrected chi connectivity index (χ2v) is 4.92. The molecule has 0 unspecified atom stereocenters. The molecule has 0 aliphatic heterocycles. The van der Waals surface area contributed by atoms with Crippen molar-refractivity contribution in [1.82, 2.24) is 0 Å². The first-order valence-electron chi connectivity index (χ1n) is 6.82. The Labute approximate surface area is 120 Å². The van der Waals surface area contributed by atoms with Gasteiger partial charge < -0.3 is 5.11 Å². The molecule has 0 aliphatic rings. The summed E-state index contributed by atoms with van der Waals surface area (Å²) >= 11 is 0. The van der Waals surface area contributed by atoms with Gasteiger partial charge in [0.05, 0.1) is 6.61 Å². The van der Waals surface area contributed by atoms with Gasteiger partial charge >= 0.3 is 0 Å². The SMILES string of the molecule is Cc1ccc(C(=CC=CCO)c2ccc(C)cc2)cc1. The number of benzene rings is 2. The molecule has 1 N–H and O–H groups in total. The van der Waals surface area contributed by atoms with Crippen LogP contribution in [0.15, 0.2) is 66.8 Å². The van der Waals surface area contributed by atoms with Crippen LogP contribution in [0.3, 0.4) is 0 Å². The third kappa shape index (κ3) is 3.69. The van der Waals surface area contributed by atoms with Crippen LogP contribution < -0.4 is 0 Å². The Kier molecular flexibility index (Phi) is 4.91. The summed E-state index contributed by atoms with van der Waals surface area (Å²) in [6.45, 7) is 4.24. The third-order valence-corrected chi connectivity index (χ3v) is 3.23. The smallest absolute Gasteiger partial charge is 0.0615 e. The molecule has 20 heavy (non-hydrogen) atoms. The van der Waals surface area contributed by atoms with Crippen molar-refractivity contribution < 1.29 is 5.11 Å². The quantitative estimate of drug-likeness (QED) is 0.817. The molecule has 2 rings (SSSR count). The molecular weight excluding hydrogens is 244 g/mol. The third-order valence-electron chi connectivity index (χ3n) is 3.23. The minimum absolute atomic E-state index is 0.0611. The number of allylic oxidation sites excluding steroid dienone is 2. The summed E-state index contributed by atoms with van der Waals surface area (Å²) in [5.41, 5.74) is 6.03. The van der Waals surface area contributed by atoms with Crippen LogP contribution in [0.25, 0.3) is 5.57 Å². The van der Waals surface area contributed by atoms with Gasteiger partial charge in [-0.25, -0.2) is 0 Å². The summed E-state index contributed by atoms with van der Waals surface area (Å²) in [4.78, 5) is 0. The molecule has 0 spiro atoms. The molecule has 0 saturated carbocycles. The maximum Gasteiger partial charge on any atom is 0.0615 e. The van der Waals surface area contributed by atoms with E-state index >= 15 is 0 Å². The van der Waals surface area contributed by atoms with E-state index in [0.29, 0.717) is 0 Å². The molecule has 0 fully saturated rings. The molecule has 102 valence electrons. The highest BCUT2D eigenvalue weighted by molar-refractivity contribution is 5.80. The van der Waals surface area contributed by atoms with E-state index in [0.717, 1.165) is 5.57 Å². The molecule has 0 radical (unpaired) electrons. The molecule has 0 heterocycles. The van der Waals surface area contributed by atoms with E-state index in [9.17, 15) is 0 Å². The zero-order valence-electron chi connectivity index (χ0n) is 12.0. The first-order valence-corrected chi connectivity index (χ1v) is 6.82. The second-order valence-electron chi connectivity index (χ2n) is 4.92. The highest BCUT2D eigenvalue weighted by Gasteiger charge is 2.03. The van der Waals surface area contributed by atoms with Crippen molar-refractivity contribution in [2.75, 3.05) is 6.61 Å². The summed E-state index contributed by atoms with van der Waals surface area (Å²) in [6, 6.07) is 17.0. The maximum absolute atomic E-state index is 8.88. The lowest BCUT2D eigenvalue weighted by molar-refractivity contribution is 0.343. The van der Waals surface area contributed by atoms with Gasteiger partial charge in [0.2, 0.25) is 0 Å². The monoisotopic (exact) mass is 264 g/mol. The Morgan fingerprint density at radius 2 is 1.30 bits per heavy atom. The Morgan fingerprint density at radius 3 is 1.70 bits per heavy atom. The highest BCUT2D eigenvalue weighted by Crippen LogP contribution is 2.24. The van der Waals surface area contributed by atoms with Gasteiger partial charge in [0, 0.05) is 0 Å². The van der Waals surface area contributed by atoms with Gasteiger partial charge in [-0.3, -0.25) is 0 Å². The van der Waals surface area contributed by atoms with E-state index in [-0.39, 0.29) is 6.61 Å². The molecule has 0 amide bonds. The average molecular weight is 264 g/mol. The van der Waals surface area contributed by atoms with Crippen molar-refractivity contribution in [2.24, 2.45) is 0 Å². The molecule has 1 nitrogen and oxygen atoms in total. The molecular formula is C19H20O. The Hall–Kier alpha value is -2.12. The summed E-state index contributed by atoms with van der Waals surface area (Å²) in [6.07, 6.45) is 5.68.